The van der Waals surface area contributed by atoms with Crippen LogP contribution in [0.3, 0.4) is 0 Å². The standard InChI is InChI=1S/C27H38N6O4.C2HF3O2/c1-5-9-20(12-13-23(28)34)31-25(35)22(15-19-10-7-6-8-11-19)32-26(36)21(14-17(2)3)33-27(37)24-29-16-18(4)30-24;3-2(4,5)1(6)7/h5-11,16-17,20-22H,12-15H2,1-4H3,(H2,28,34)(H,29,30)(H,31,35)(H,32,36)(H,33,37);(H,6,7)/b9-5+;/t20-,21+,22+;/m1./s1. The number of carboxylic acids is 1. The highest BCUT2D eigenvalue weighted by Crippen LogP contribution is 2.13. The number of nitrogens with one attached hydrogen (secondary N) is 4. The molecule has 0 aliphatic rings. The van der Waals surface area contributed by atoms with Gasteiger partial charge in [-0.25, -0.2) is 9.78 Å². The summed E-state index contributed by atoms with van der Waals surface area (Å²) in [7, 11) is 0. The van der Waals surface area contributed by atoms with Crippen LogP contribution in [-0.4, -0.2) is 69.0 Å². The maximum Gasteiger partial charge on any atom is 0.490 e. The fourth-order valence-electron chi connectivity index (χ4n) is 3.82. The molecule has 1 heterocycles. The zero-order chi connectivity index (χ0) is 33.4. The summed E-state index contributed by atoms with van der Waals surface area (Å²) in [6, 6.07) is 7.12. The Kier molecular flexibility index (Phi) is 15.3. The van der Waals surface area contributed by atoms with Gasteiger partial charge in [-0.05, 0) is 38.2 Å². The predicted molar refractivity (Wildman–Crippen MR) is 155 cm³/mol. The number of amides is 4. The first-order valence-corrected chi connectivity index (χ1v) is 13.7. The first-order chi connectivity index (χ1) is 20.5. The molecular weight excluding hydrogens is 585 g/mol. The lowest BCUT2D eigenvalue weighted by Gasteiger charge is -2.25. The van der Waals surface area contributed by atoms with Crippen LogP contribution >= 0.6 is 0 Å². The average molecular weight is 625 g/mol. The Hall–Kier alpha value is -4.69. The smallest absolute Gasteiger partial charge is 0.475 e. The van der Waals surface area contributed by atoms with Crippen molar-refractivity contribution in [2.75, 3.05) is 0 Å². The quantitative estimate of drug-likeness (QED) is 0.174. The number of imidazole rings is 1. The van der Waals surface area contributed by atoms with Crippen molar-refractivity contribution in [1.82, 2.24) is 25.9 Å². The van der Waals surface area contributed by atoms with Crippen molar-refractivity contribution < 1.29 is 42.3 Å². The number of carbonyl (C=O) groups is 5. The Balaban J connectivity index is 0.00000123. The van der Waals surface area contributed by atoms with Gasteiger partial charge in [0.2, 0.25) is 17.7 Å². The number of primary amides is 1. The molecule has 4 amide bonds. The molecule has 242 valence electrons. The number of hydrogen-bond donors (Lipinski definition) is 6. The molecule has 0 unspecified atom stereocenters. The van der Waals surface area contributed by atoms with E-state index in [0.29, 0.717) is 12.8 Å². The number of aliphatic carboxylic acids is 1. The molecule has 44 heavy (non-hydrogen) atoms. The molecule has 0 radical (unpaired) electrons. The number of alkyl halides is 3. The van der Waals surface area contributed by atoms with E-state index in [1.807, 2.05) is 51.1 Å². The Labute approximate surface area is 253 Å². The molecule has 12 nitrogen and oxygen atoms in total. The second-order valence-corrected chi connectivity index (χ2v) is 10.3. The third-order valence-electron chi connectivity index (χ3n) is 5.86. The number of H-pyrrole nitrogens is 1. The van der Waals surface area contributed by atoms with Crippen molar-refractivity contribution in [1.29, 1.82) is 0 Å². The van der Waals surface area contributed by atoms with Gasteiger partial charge in [-0.1, -0.05) is 56.3 Å². The number of aromatic amines is 1. The van der Waals surface area contributed by atoms with Gasteiger partial charge in [-0.3, -0.25) is 19.2 Å². The van der Waals surface area contributed by atoms with E-state index >= 15 is 0 Å². The topological polar surface area (TPSA) is 196 Å². The molecule has 3 atom stereocenters. The van der Waals surface area contributed by atoms with Gasteiger partial charge < -0.3 is 31.8 Å². The van der Waals surface area contributed by atoms with E-state index in [1.54, 1.807) is 19.1 Å². The molecule has 15 heteroatoms. The normalized spacial score (nSPS) is 13.3. The van der Waals surface area contributed by atoms with Crippen LogP contribution in [0.15, 0.2) is 48.7 Å². The van der Waals surface area contributed by atoms with E-state index in [-0.39, 0.29) is 24.6 Å². The molecule has 0 spiro atoms. The number of carboxylic acid groups (broad SMARTS) is 1. The number of hydrogen-bond acceptors (Lipinski definition) is 6. The summed E-state index contributed by atoms with van der Waals surface area (Å²) in [4.78, 5) is 66.4. The maximum atomic E-state index is 13.4. The van der Waals surface area contributed by atoms with Crippen molar-refractivity contribution >= 4 is 29.6 Å². The highest BCUT2D eigenvalue weighted by molar-refractivity contribution is 5.96. The molecule has 2 rings (SSSR count). The molecule has 0 fully saturated rings. The number of benzene rings is 1. The third-order valence-corrected chi connectivity index (χ3v) is 5.86. The molecule has 1 aromatic heterocycles. The number of allylic oxidation sites excluding steroid dienone is 1. The monoisotopic (exact) mass is 624 g/mol. The van der Waals surface area contributed by atoms with E-state index < -0.39 is 53.9 Å². The van der Waals surface area contributed by atoms with Crippen molar-refractivity contribution in [3.05, 3.63) is 65.8 Å². The molecule has 0 bridgehead atoms. The van der Waals surface area contributed by atoms with Crippen molar-refractivity contribution in [2.45, 2.75) is 77.7 Å². The Morgan fingerprint density at radius 1 is 1.02 bits per heavy atom. The fourth-order valence-corrected chi connectivity index (χ4v) is 3.82. The lowest BCUT2D eigenvalue weighted by molar-refractivity contribution is -0.192. The first kappa shape index (κ1) is 37.3. The van der Waals surface area contributed by atoms with Crippen LogP contribution in [0.4, 0.5) is 13.2 Å². The van der Waals surface area contributed by atoms with Crippen molar-refractivity contribution in [2.24, 2.45) is 11.7 Å². The lowest BCUT2D eigenvalue weighted by Crippen LogP contribution is -2.55. The number of halogens is 3. The minimum Gasteiger partial charge on any atom is -0.475 e. The third kappa shape index (κ3) is 14.5. The summed E-state index contributed by atoms with van der Waals surface area (Å²) < 4.78 is 31.7. The number of carbonyl (C=O) groups excluding carboxylic acids is 4. The van der Waals surface area contributed by atoms with Gasteiger partial charge in [-0.2, -0.15) is 13.2 Å². The summed E-state index contributed by atoms with van der Waals surface area (Å²) in [6.45, 7) is 7.47. The molecule has 0 saturated heterocycles. The number of aromatic nitrogens is 2. The summed E-state index contributed by atoms with van der Waals surface area (Å²) in [5.41, 5.74) is 6.86. The van der Waals surface area contributed by atoms with Crippen LogP contribution in [0.2, 0.25) is 0 Å². The van der Waals surface area contributed by atoms with E-state index in [1.165, 1.54) is 6.20 Å². The summed E-state index contributed by atoms with van der Waals surface area (Å²) >= 11 is 0. The lowest BCUT2D eigenvalue weighted by atomic mass is 10.0. The van der Waals surface area contributed by atoms with Gasteiger partial charge in [0, 0.05) is 30.8 Å². The predicted octanol–water partition coefficient (Wildman–Crippen LogP) is 2.55. The van der Waals surface area contributed by atoms with Gasteiger partial charge >= 0.3 is 12.1 Å². The average Bonchev–Trinajstić information content (AvgIpc) is 3.37. The van der Waals surface area contributed by atoms with Crippen LogP contribution in [-0.2, 0) is 25.6 Å². The van der Waals surface area contributed by atoms with E-state index in [2.05, 4.69) is 25.9 Å². The first-order valence-electron chi connectivity index (χ1n) is 13.7. The molecule has 0 saturated carbocycles. The number of rotatable bonds is 14. The molecule has 1 aromatic carbocycles. The Morgan fingerprint density at radius 2 is 1.61 bits per heavy atom. The number of nitrogens with zero attached hydrogens (tertiary/aromatic N) is 1. The van der Waals surface area contributed by atoms with Gasteiger partial charge in [0.15, 0.2) is 5.82 Å². The van der Waals surface area contributed by atoms with E-state index in [0.717, 1.165) is 11.3 Å². The molecule has 2 aromatic rings. The molecule has 0 aliphatic heterocycles. The van der Waals surface area contributed by atoms with E-state index in [4.69, 9.17) is 15.6 Å². The van der Waals surface area contributed by atoms with Crippen LogP contribution in [0.5, 0.6) is 0 Å². The van der Waals surface area contributed by atoms with Crippen molar-refractivity contribution in [3.8, 4) is 0 Å². The summed E-state index contributed by atoms with van der Waals surface area (Å²) in [5, 5.41) is 15.6. The van der Waals surface area contributed by atoms with Crippen LogP contribution in [0, 0.1) is 12.8 Å². The van der Waals surface area contributed by atoms with Gasteiger partial charge in [0.05, 0.1) is 0 Å². The SMILES string of the molecule is C/C=C/[C@H](CCC(N)=O)NC(=O)[C@H](Cc1ccccc1)NC(=O)[C@H](CC(C)C)NC(=O)c1ncc(C)[nH]1.O=C(O)C(F)(F)F. The summed E-state index contributed by atoms with van der Waals surface area (Å²) in [5.74, 6) is -4.38. The minimum atomic E-state index is -5.08. The van der Waals surface area contributed by atoms with Crippen LogP contribution < -0.4 is 21.7 Å². The maximum absolute atomic E-state index is 13.4. The largest absolute Gasteiger partial charge is 0.490 e. The second-order valence-electron chi connectivity index (χ2n) is 10.3. The van der Waals surface area contributed by atoms with Gasteiger partial charge in [0.1, 0.15) is 12.1 Å². The van der Waals surface area contributed by atoms with Gasteiger partial charge in [0.25, 0.3) is 5.91 Å². The number of nitrogens with two attached hydrogens (primary N) is 1. The fraction of sp³-hybridized carbons (Fsp3) is 0.448. The van der Waals surface area contributed by atoms with Gasteiger partial charge in [-0.15, -0.1) is 0 Å². The summed E-state index contributed by atoms with van der Waals surface area (Å²) in [6.07, 6.45) is 1.07. The molecule has 7 N–H and O–H groups in total. The Morgan fingerprint density at radius 3 is 2.09 bits per heavy atom. The highest BCUT2D eigenvalue weighted by atomic mass is 19.4. The van der Waals surface area contributed by atoms with Crippen LogP contribution in [0.25, 0.3) is 0 Å². The second kappa shape index (κ2) is 18.1. The zero-order valence-electron chi connectivity index (χ0n) is 24.9. The minimum absolute atomic E-state index is 0.101. The molecule has 0 aliphatic carbocycles. The van der Waals surface area contributed by atoms with E-state index in [9.17, 15) is 32.3 Å². The van der Waals surface area contributed by atoms with Crippen molar-refractivity contribution in [3.63, 3.8) is 0 Å². The highest BCUT2D eigenvalue weighted by Gasteiger charge is 2.38. The zero-order valence-corrected chi connectivity index (χ0v) is 24.9. The Bertz CT molecular complexity index is 1280. The number of aryl methyl sites for hydroxylation is 1. The molecular formula is C29H39F3N6O6. The van der Waals surface area contributed by atoms with Crippen LogP contribution in [0.1, 0.15) is 61.9 Å².